The first-order valence-electron chi connectivity index (χ1n) is 10.5. The molecule has 0 radical (unpaired) electrons. The number of methoxy groups -OCH3 is 1. The van der Waals surface area contributed by atoms with Crippen molar-refractivity contribution in [2.24, 2.45) is 0 Å². The number of carbonyl (C=O) groups is 2. The molecule has 0 saturated carbocycles. The number of para-hydroxylation sites is 1. The molecule has 3 N–H and O–H groups in total. The highest BCUT2D eigenvalue weighted by molar-refractivity contribution is 7.99. The zero-order valence-electron chi connectivity index (χ0n) is 19.0. The van der Waals surface area contributed by atoms with Gasteiger partial charge in [0.15, 0.2) is 11.0 Å². The zero-order valence-corrected chi connectivity index (χ0v) is 19.8. The SMILES string of the molecule is C=CCn1c(SCC(=O)Nc2ccccc2C)nnc1[C@@H](CO)NC(=O)c1ccc(OC)cc1. The number of aliphatic hydroxyl groups is 1. The molecule has 1 aromatic heterocycles. The normalized spacial score (nSPS) is 11.5. The number of aryl methyl sites for hydroxylation is 1. The Labute approximate surface area is 202 Å². The molecule has 178 valence electrons. The minimum atomic E-state index is -0.794. The highest BCUT2D eigenvalue weighted by atomic mass is 32.2. The van der Waals surface area contributed by atoms with E-state index in [1.54, 1.807) is 42.0 Å². The molecular weight excluding hydrogens is 454 g/mol. The van der Waals surface area contributed by atoms with Crippen molar-refractivity contribution in [1.29, 1.82) is 0 Å². The minimum Gasteiger partial charge on any atom is -0.497 e. The molecule has 34 heavy (non-hydrogen) atoms. The van der Waals surface area contributed by atoms with Gasteiger partial charge < -0.3 is 25.0 Å². The van der Waals surface area contributed by atoms with Crippen molar-refractivity contribution in [1.82, 2.24) is 20.1 Å². The molecular formula is C24H27N5O4S. The summed E-state index contributed by atoms with van der Waals surface area (Å²) in [7, 11) is 1.55. The van der Waals surface area contributed by atoms with Crippen LogP contribution in [0.2, 0.25) is 0 Å². The predicted molar refractivity (Wildman–Crippen MR) is 131 cm³/mol. The molecule has 0 spiro atoms. The van der Waals surface area contributed by atoms with E-state index in [2.05, 4.69) is 27.4 Å². The average molecular weight is 482 g/mol. The van der Waals surface area contributed by atoms with Gasteiger partial charge in [0.05, 0.1) is 19.5 Å². The lowest BCUT2D eigenvalue weighted by molar-refractivity contribution is -0.113. The first kappa shape index (κ1) is 25.0. The van der Waals surface area contributed by atoms with Gasteiger partial charge in [0.2, 0.25) is 5.91 Å². The zero-order chi connectivity index (χ0) is 24.5. The van der Waals surface area contributed by atoms with Gasteiger partial charge in [-0.25, -0.2) is 0 Å². The number of hydrogen-bond donors (Lipinski definition) is 3. The summed E-state index contributed by atoms with van der Waals surface area (Å²) >= 11 is 1.21. The van der Waals surface area contributed by atoms with Crippen LogP contribution in [-0.4, -0.2) is 51.2 Å². The van der Waals surface area contributed by atoms with Gasteiger partial charge >= 0.3 is 0 Å². The number of aromatic nitrogens is 3. The quantitative estimate of drug-likeness (QED) is 0.285. The number of hydrogen-bond acceptors (Lipinski definition) is 7. The van der Waals surface area contributed by atoms with Gasteiger partial charge in [0, 0.05) is 17.8 Å². The van der Waals surface area contributed by atoms with Crippen LogP contribution in [0.4, 0.5) is 5.69 Å². The fourth-order valence-corrected chi connectivity index (χ4v) is 3.93. The first-order chi connectivity index (χ1) is 16.5. The van der Waals surface area contributed by atoms with Crippen molar-refractivity contribution in [2.45, 2.75) is 24.7 Å². The summed E-state index contributed by atoms with van der Waals surface area (Å²) in [6, 6.07) is 13.4. The molecule has 0 unspecified atom stereocenters. The number of thioether (sulfide) groups is 1. The molecule has 0 bridgehead atoms. The summed E-state index contributed by atoms with van der Waals surface area (Å²) in [5.41, 5.74) is 2.13. The fraction of sp³-hybridized carbons (Fsp3) is 0.250. The number of rotatable bonds is 11. The van der Waals surface area contributed by atoms with Crippen LogP contribution in [0.15, 0.2) is 66.3 Å². The van der Waals surface area contributed by atoms with E-state index in [4.69, 9.17) is 4.74 Å². The van der Waals surface area contributed by atoms with E-state index < -0.39 is 6.04 Å². The molecule has 0 aliphatic carbocycles. The number of benzene rings is 2. The summed E-state index contributed by atoms with van der Waals surface area (Å²) in [6.45, 7) is 5.65. The van der Waals surface area contributed by atoms with Crippen molar-refractivity contribution in [3.8, 4) is 5.75 Å². The Balaban J connectivity index is 1.70. The minimum absolute atomic E-state index is 0.117. The van der Waals surface area contributed by atoms with Crippen molar-refractivity contribution in [2.75, 3.05) is 24.8 Å². The number of aliphatic hydroxyl groups excluding tert-OH is 1. The lowest BCUT2D eigenvalue weighted by Gasteiger charge is -2.17. The van der Waals surface area contributed by atoms with Crippen LogP contribution in [0.3, 0.4) is 0 Å². The second-order valence-electron chi connectivity index (χ2n) is 7.33. The lowest BCUT2D eigenvalue weighted by atomic mass is 10.2. The first-order valence-corrected chi connectivity index (χ1v) is 11.5. The standard InChI is InChI=1S/C24H27N5O4S/c1-4-13-29-22(20(14-30)26-23(32)17-9-11-18(33-3)12-10-17)27-28-24(29)34-15-21(31)25-19-8-6-5-7-16(19)2/h4-12,20,30H,1,13-15H2,2-3H3,(H,25,31)(H,26,32)/t20-/m1/s1. The van der Waals surface area contributed by atoms with Crippen LogP contribution in [0.1, 0.15) is 27.8 Å². The number of nitrogens with one attached hydrogen (secondary N) is 2. The molecule has 2 amide bonds. The summed E-state index contributed by atoms with van der Waals surface area (Å²) in [4.78, 5) is 25.1. The number of ether oxygens (including phenoxy) is 1. The lowest BCUT2D eigenvalue weighted by Crippen LogP contribution is -2.33. The molecule has 0 aliphatic heterocycles. The van der Waals surface area contributed by atoms with Crippen LogP contribution in [0.5, 0.6) is 5.75 Å². The van der Waals surface area contributed by atoms with Crippen LogP contribution in [0.25, 0.3) is 0 Å². The maximum absolute atomic E-state index is 12.7. The highest BCUT2D eigenvalue weighted by Gasteiger charge is 2.23. The van der Waals surface area contributed by atoms with Gasteiger partial charge in [-0.05, 0) is 42.8 Å². The van der Waals surface area contributed by atoms with Crippen LogP contribution in [0, 0.1) is 6.92 Å². The molecule has 0 fully saturated rings. The van der Waals surface area contributed by atoms with E-state index in [9.17, 15) is 14.7 Å². The number of carbonyl (C=O) groups excluding carboxylic acids is 2. The summed E-state index contributed by atoms with van der Waals surface area (Å²) < 4.78 is 6.83. The third-order valence-electron chi connectivity index (χ3n) is 4.96. The average Bonchev–Trinajstić information content (AvgIpc) is 3.25. The molecule has 2 aromatic carbocycles. The maximum atomic E-state index is 12.7. The van der Waals surface area contributed by atoms with Crippen molar-refractivity contribution < 1.29 is 19.4 Å². The van der Waals surface area contributed by atoms with Crippen LogP contribution in [-0.2, 0) is 11.3 Å². The Hall–Kier alpha value is -3.63. The Kier molecular flexibility index (Phi) is 8.83. The monoisotopic (exact) mass is 481 g/mol. The maximum Gasteiger partial charge on any atom is 0.251 e. The topological polar surface area (TPSA) is 118 Å². The van der Waals surface area contributed by atoms with E-state index in [0.29, 0.717) is 28.8 Å². The number of anilines is 1. The summed E-state index contributed by atoms with van der Waals surface area (Å²) in [5.74, 6) is 0.563. The molecule has 3 aromatic rings. The molecule has 3 rings (SSSR count). The van der Waals surface area contributed by atoms with E-state index in [1.165, 1.54) is 11.8 Å². The van der Waals surface area contributed by atoms with Crippen LogP contribution < -0.4 is 15.4 Å². The van der Waals surface area contributed by atoms with E-state index in [-0.39, 0.29) is 24.2 Å². The van der Waals surface area contributed by atoms with Crippen LogP contribution >= 0.6 is 11.8 Å². The largest absolute Gasteiger partial charge is 0.497 e. The third-order valence-corrected chi connectivity index (χ3v) is 5.93. The van der Waals surface area contributed by atoms with E-state index >= 15 is 0 Å². The Morgan fingerprint density at radius 1 is 1.21 bits per heavy atom. The van der Waals surface area contributed by atoms with Crippen molar-refractivity contribution in [3.63, 3.8) is 0 Å². The fourth-order valence-electron chi connectivity index (χ4n) is 3.17. The van der Waals surface area contributed by atoms with Crippen molar-refractivity contribution in [3.05, 3.63) is 78.1 Å². The smallest absolute Gasteiger partial charge is 0.251 e. The number of nitrogens with zero attached hydrogens (tertiary/aromatic N) is 3. The number of allylic oxidation sites excluding steroid dienone is 1. The predicted octanol–water partition coefficient (Wildman–Crippen LogP) is 2.98. The van der Waals surface area contributed by atoms with Crippen molar-refractivity contribution >= 4 is 29.3 Å². The highest BCUT2D eigenvalue weighted by Crippen LogP contribution is 2.22. The molecule has 1 heterocycles. The number of amides is 2. The molecule has 0 aliphatic rings. The van der Waals surface area contributed by atoms with E-state index in [0.717, 1.165) is 11.3 Å². The second-order valence-corrected chi connectivity index (χ2v) is 8.27. The Morgan fingerprint density at radius 2 is 1.94 bits per heavy atom. The third kappa shape index (κ3) is 6.24. The molecule has 0 saturated heterocycles. The molecule has 9 nitrogen and oxygen atoms in total. The van der Waals surface area contributed by atoms with Gasteiger partial charge in [-0.1, -0.05) is 36.0 Å². The van der Waals surface area contributed by atoms with Gasteiger partial charge in [-0.15, -0.1) is 16.8 Å². The Morgan fingerprint density at radius 3 is 2.59 bits per heavy atom. The second kappa shape index (κ2) is 12.0. The van der Waals surface area contributed by atoms with Gasteiger partial charge in [-0.3, -0.25) is 9.59 Å². The summed E-state index contributed by atoms with van der Waals surface area (Å²) in [5, 5.41) is 24.4. The molecule has 1 atom stereocenters. The van der Waals surface area contributed by atoms with Gasteiger partial charge in [0.1, 0.15) is 11.8 Å². The molecule has 10 heteroatoms. The summed E-state index contributed by atoms with van der Waals surface area (Å²) in [6.07, 6.45) is 1.66. The van der Waals surface area contributed by atoms with Gasteiger partial charge in [-0.2, -0.15) is 0 Å². The van der Waals surface area contributed by atoms with Gasteiger partial charge in [0.25, 0.3) is 5.91 Å². The Bertz CT molecular complexity index is 1150. The van der Waals surface area contributed by atoms with E-state index in [1.807, 2.05) is 31.2 Å².